The summed E-state index contributed by atoms with van der Waals surface area (Å²) in [4.78, 5) is 25.2. The zero-order valence-electron chi connectivity index (χ0n) is 21.2. The molecule has 1 saturated carbocycles. The molecule has 0 radical (unpaired) electrons. The van der Waals surface area contributed by atoms with Crippen LogP contribution in [0.4, 0.5) is 11.8 Å². The van der Waals surface area contributed by atoms with Gasteiger partial charge in [-0.1, -0.05) is 29.3 Å². The lowest BCUT2D eigenvalue weighted by atomic mass is 9.73. The highest BCUT2D eigenvalue weighted by Gasteiger charge is 2.47. The van der Waals surface area contributed by atoms with Gasteiger partial charge in [-0.2, -0.15) is 4.98 Å². The zero-order chi connectivity index (χ0) is 25.4. The molecule has 2 aliphatic heterocycles. The number of hydrogen-bond donors (Lipinski definition) is 1. The Labute approximate surface area is 223 Å². The topological polar surface area (TPSA) is 70.6 Å². The van der Waals surface area contributed by atoms with E-state index < -0.39 is 0 Å². The molecule has 7 nitrogen and oxygen atoms in total. The van der Waals surface area contributed by atoms with Crippen LogP contribution < -0.4 is 10.2 Å². The number of anilines is 2. The standard InChI is InChI=1S/C27H35Cl2N5O2/c1-17-12-30-26(32-25(17)31-18(2)23-7-6-21(28)9-24(23)29)34-14-20(15-34)19-5-4-8-33(13-19)22-10-27(3,11-22)36-16-35/h6-7,9,12,16,18-20,22H,4-5,8,10-11,13-15H2,1-3H3,(H,30,31,32)/t18-,19+,22?,27?/m1/s1. The van der Waals surface area contributed by atoms with Gasteiger partial charge in [0, 0.05) is 60.3 Å². The quantitative estimate of drug-likeness (QED) is 0.450. The maximum Gasteiger partial charge on any atom is 0.293 e. The summed E-state index contributed by atoms with van der Waals surface area (Å²) in [6.07, 6.45) is 6.31. The Balaban J connectivity index is 1.16. The highest BCUT2D eigenvalue weighted by molar-refractivity contribution is 6.35. The van der Waals surface area contributed by atoms with E-state index in [1.165, 1.54) is 12.8 Å². The molecule has 0 amide bonds. The summed E-state index contributed by atoms with van der Waals surface area (Å²) in [7, 11) is 0. The first-order valence-electron chi connectivity index (χ1n) is 12.9. The Kier molecular flexibility index (Phi) is 7.34. The molecule has 36 heavy (non-hydrogen) atoms. The number of nitrogens with zero attached hydrogens (tertiary/aromatic N) is 4. The van der Waals surface area contributed by atoms with E-state index in [0.29, 0.717) is 34.4 Å². The van der Waals surface area contributed by atoms with E-state index in [1.54, 1.807) is 6.07 Å². The number of carbonyl (C=O) groups excluding carboxylic acids is 1. The molecular formula is C27H35Cl2N5O2. The largest absolute Gasteiger partial charge is 0.461 e. The number of carbonyl (C=O) groups is 1. The fourth-order valence-corrected chi connectivity index (χ4v) is 6.58. The summed E-state index contributed by atoms with van der Waals surface area (Å²) < 4.78 is 5.29. The molecule has 1 aromatic heterocycles. The second-order valence-corrected chi connectivity index (χ2v) is 11.9. The van der Waals surface area contributed by atoms with Gasteiger partial charge in [-0.05, 0) is 69.7 Å². The van der Waals surface area contributed by atoms with E-state index in [-0.39, 0.29) is 11.6 Å². The second kappa shape index (κ2) is 10.3. The van der Waals surface area contributed by atoms with Gasteiger partial charge in [0.05, 0.1) is 6.04 Å². The molecule has 5 rings (SSSR count). The van der Waals surface area contributed by atoms with Crippen molar-refractivity contribution in [2.45, 2.75) is 64.1 Å². The smallest absolute Gasteiger partial charge is 0.293 e. The summed E-state index contributed by atoms with van der Waals surface area (Å²) in [6, 6.07) is 6.10. The van der Waals surface area contributed by atoms with Crippen molar-refractivity contribution in [3.63, 3.8) is 0 Å². The lowest BCUT2D eigenvalue weighted by Gasteiger charge is -2.52. The number of rotatable bonds is 8. The summed E-state index contributed by atoms with van der Waals surface area (Å²) in [5.74, 6) is 2.97. The van der Waals surface area contributed by atoms with Gasteiger partial charge in [0.25, 0.3) is 6.47 Å². The molecule has 3 fully saturated rings. The Morgan fingerprint density at radius 3 is 2.72 bits per heavy atom. The summed E-state index contributed by atoms with van der Waals surface area (Å²) in [6.45, 7) is 11.0. The fraction of sp³-hybridized carbons (Fsp3) is 0.593. The Bertz CT molecular complexity index is 1100. The van der Waals surface area contributed by atoms with Gasteiger partial charge in [0.2, 0.25) is 5.95 Å². The Morgan fingerprint density at radius 1 is 1.22 bits per heavy atom. The third-order valence-electron chi connectivity index (χ3n) is 8.27. The maximum absolute atomic E-state index is 10.7. The molecular weight excluding hydrogens is 497 g/mol. The van der Waals surface area contributed by atoms with Gasteiger partial charge >= 0.3 is 0 Å². The number of likely N-dealkylation sites (tertiary alicyclic amines) is 1. The molecule has 194 valence electrons. The molecule has 2 saturated heterocycles. The van der Waals surface area contributed by atoms with E-state index in [1.807, 2.05) is 32.2 Å². The highest BCUT2D eigenvalue weighted by Crippen LogP contribution is 2.41. The van der Waals surface area contributed by atoms with Gasteiger partial charge in [0.1, 0.15) is 11.4 Å². The minimum atomic E-state index is -0.266. The van der Waals surface area contributed by atoms with Crippen LogP contribution in [-0.2, 0) is 9.53 Å². The van der Waals surface area contributed by atoms with Crippen molar-refractivity contribution in [2.24, 2.45) is 11.8 Å². The molecule has 2 atom stereocenters. The zero-order valence-corrected chi connectivity index (χ0v) is 22.7. The number of aryl methyl sites for hydroxylation is 1. The van der Waals surface area contributed by atoms with Gasteiger partial charge in [-0.15, -0.1) is 0 Å². The van der Waals surface area contributed by atoms with Crippen molar-refractivity contribution in [3.05, 3.63) is 45.6 Å². The number of benzene rings is 1. The molecule has 1 N–H and O–H groups in total. The molecule has 3 heterocycles. The predicted molar refractivity (Wildman–Crippen MR) is 144 cm³/mol. The molecule has 0 spiro atoms. The average Bonchev–Trinajstić information content (AvgIpc) is 2.79. The Morgan fingerprint density at radius 2 is 2.00 bits per heavy atom. The molecule has 0 unspecified atom stereocenters. The molecule has 1 aromatic carbocycles. The lowest BCUT2D eigenvalue weighted by Crippen LogP contribution is -2.59. The monoisotopic (exact) mass is 531 g/mol. The van der Waals surface area contributed by atoms with E-state index in [0.717, 1.165) is 61.9 Å². The number of nitrogens with one attached hydrogen (secondary N) is 1. The predicted octanol–water partition coefficient (Wildman–Crippen LogP) is 5.51. The Hall–Kier alpha value is -2.09. The minimum absolute atomic E-state index is 0.0149. The minimum Gasteiger partial charge on any atom is -0.461 e. The van der Waals surface area contributed by atoms with Crippen LogP contribution in [-0.4, -0.2) is 59.2 Å². The maximum atomic E-state index is 10.7. The van der Waals surface area contributed by atoms with Crippen LogP contribution in [0.3, 0.4) is 0 Å². The van der Waals surface area contributed by atoms with Crippen molar-refractivity contribution >= 4 is 41.4 Å². The highest BCUT2D eigenvalue weighted by atomic mass is 35.5. The lowest BCUT2D eigenvalue weighted by molar-refractivity contribution is -0.160. The molecule has 2 aromatic rings. The van der Waals surface area contributed by atoms with E-state index in [2.05, 4.69) is 27.0 Å². The molecule has 3 aliphatic rings. The number of ether oxygens (including phenoxy) is 1. The SMILES string of the molecule is Cc1cnc(N2CC([C@H]3CCCN(C4CC(C)(OC=O)C4)C3)C2)nc1N[C@H](C)c1ccc(Cl)cc1Cl. The third-order valence-corrected chi connectivity index (χ3v) is 8.84. The van der Waals surface area contributed by atoms with E-state index in [4.69, 9.17) is 32.9 Å². The summed E-state index contributed by atoms with van der Waals surface area (Å²) in [5, 5.41) is 4.78. The second-order valence-electron chi connectivity index (χ2n) is 11.0. The van der Waals surface area contributed by atoms with E-state index in [9.17, 15) is 4.79 Å². The van der Waals surface area contributed by atoms with Crippen LogP contribution in [0.1, 0.15) is 56.7 Å². The number of aromatic nitrogens is 2. The van der Waals surface area contributed by atoms with Gasteiger partial charge < -0.3 is 15.0 Å². The van der Waals surface area contributed by atoms with Crippen LogP contribution in [0.25, 0.3) is 0 Å². The van der Waals surface area contributed by atoms with Gasteiger partial charge in [0.15, 0.2) is 0 Å². The van der Waals surface area contributed by atoms with Gasteiger partial charge in [-0.3, -0.25) is 9.69 Å². The van der Waals surface area contributed by atoms with Crippen molar-refractivity contribution in [3.8, 4) is 0 Å². The summed E-state index contributed by atoms with van der Waals surface area (Å²) in [5.41, 5.74) is 1.72. The van der Waals surface area contributed by atoms with E-state index >= 15 is 0 Å². The van der Waals surface area contributed by atoms with Crippen molar-refractivity contribution in [1.82, 2.24) is 14.9 Å². The van der Waals surface area contributed by atoms with Crippen LogP contribution in [0.15, 0.2) is 24.4 Å². The summed E-state index contributed by atoms with van der Waals surface area (Å²) >= 11 is 12.5. The number of piperidine rings is 1. The average molecular weight is 533 g/mol. The van der Waals surface area contributed by atoms with Crippen molar-refractivity contribution < 1.29 is 9.53 Å². The number of halogens is 2. The van der Waals surface area contributed by atoms with Crippen LogP contribution in [0, 0.1) is 18.8 Å². The first kappa shape index (κ1) is 25.6. The van der Waals surface area contributed by atoms with Crippen molar-refractivity contribution in [2.75, 3.05) is 36.4 Å². The first-order chi connectivity index (χ1) is 17.2. The van der Waals surface area contributed by atoms with Crippen LogP contribution >= 0.6 is 23.2 Å². The third kappa shape index (κ3) is 5.29. The molecule has 9 heteroatoms. The first-order valence-corrected chi connectivity index (χ1v) is 13.7. The normalized spacial score (nSPS) is 27.6. The fourth-order valence-electron chi connectivity index (χ4n) is 6.01. The van der Waals surface area contributed by atoms with Gasteiger partial charge in [-0.25, -0.2) is 4.98 Å². The van der Waals surface area contributed by atoms with Crippen molar-refractivity contribution in [1.29, 1.82) is 0 Å². The van der Waals surface area contributed by atoms with Crippen LogP contribution in [0.5, 0.6) is 0 Å². The molecule has 0 bridgehead atoms. The number of hydrogen-bond acceptors (Lipinski definition) is 7. The van der Waals surface area contributed by atoms with Crippen LogP contribution in [0.2, 0.25) is 10.0 Å². The molecule has 1 aliphatic carbocycles.